The van der Waals surface area contributed by atoms with Crippen molar-refractivity contribution >= 4 is 0 Å². The summed E-state index contributed by atoms with van der Waals surface area (Å²) in [7, 11) is 0. The molecule has 136 valence electrons. The summed E-state index contributed by atoms with van der Waals surface area (Å²) in [5.41, 5.74) is 0.511. The number of nitrogens with zero attached hydrogens (tertiary/aromatic N) is 3. The molecule has 3 rings (SSSR count). The number of hydrogen-bond donors (Lipinski definition) is 2. The monoisotopic (exact) mass is 348 g/mol. The number of aliphatic hydroxyl groups excluding tert-OH is 1. The van der Waals surface area contributed by atoms with E-state index in [-0.39, 0.29) is 19.0 Å². The lowest BCUT2D eigenvalue weighted by Gasteiger charge is -2.32. The van der Waals surface area contributed by atoms with Gasteiger partial charge in [0, 0.05) is 18.0 Å². The first-order valence-electron chi connectivity index (χ1n) is 8.72. The van der Waals surface area contributed by atoms with Crippen LogP contribution in [0.4, 0.5) is 4.39 Å². The first kappa shape index (κ1) is 18.0. The van der Waals surface area contributed by atoms with Gasteiger partial charge < -0.3 is 14.7 Å². The second-order valence-corrected chi connectivity index (χ2v) is 6.61. The van der Waals surface area contributed by atoms with E-state index in [1.807, 2.05) is 6.92 Å². The van der Waals surface area contributed by atoms with Gasteiger partial charge in [-0.3, -0.25) is 5.10 Å². The molecule has 0 bridgehead atoms. The van der Waals surface area contributed by atoms with E-state index in [0.29, 0.717) is 18.0 Å². The Balaban J connectivity index is 1.36. The van der Waals surface area contributed by atoms with E-state index >= 15 is 0 Å². The van der Waals surface area contributed by atoms with E-state index in [0.717, 1.165) is 37.6 Å². The molecule has 2 heterocycles. The smallest absolute Gasteiger partial charge is 0.153 e. The van der Waals surface area contributed by atoms with Crippen LogP contribution in [-0.2, 0) is 11.3 Å². The predicted octanol–water partition coefficient (Wildman–Crippen LogP) is 2.01. The lowest BCUT2D eigenvalue weighted by atomic mass is 9.96. The quantitative estimate of drug-likeness (QED) is 0.801. The number of aliphatic hydroxyl groups is 1. The summed E-state index contributed by atoms with van der Waals surface area (Å²) < 4.78 is 19.0. The molecule has 1 aromatic carbocycles. The fraction of sp³-hybridized carbons (Fsp3) is 0.556. The fourth-order valence-corrected chi connectivity index (χ4v) is 3.19. The molecule has 0 spiro atoms. The van der Waals surface area contributed by atoms with Gasteiger partial charge in [-0.05, 0) is 38.9 Å². The number of H-pyrrole nitrogens is 1. The number of likely N-dealkylation sites (tertiary alicyclic amines) is 1. The van der Waals surface area contributed by atoms with Gasteiger partial charge in [0.25, 0.3) is 0 Å². The summed E-state index contributed by atoms with van der Waals surface area (Å²) in [6.45, 7) is 4.66. The molecule has 1 unspecified atom stereocenters. The van der Waals surface area contributed by atoms with Crippen molar-refractivity contribution in [2.45, 2.75) is 38.4 Å². The zero-order valence-electron chi connectivity index (χ0n) is 14.5. The Bertz CT molecular complexity index is 671. The van der Waals surface area contributed by atoms with E-state index in [9.17, 15) is 9.50 Å². The van der Waals surface area contributed by atoms with Crippen LogP contribution < -0.4 is 0 Å². The van der Waals surface area contributed by atoms with Gasteiger partial charge in [0.05, 0.1) is 19.3 Å². The standard InChI is InChI=1S/C18H25FN4O2/c1-13-20-18(22-21-13)14-6-8-23(9-7-14)10-16(24)12-25-11-15-4-2-3-5-17(15)19/h2-5,14,16,24H,6-12H2,1H3,(H,20,21,22). The highest BCUT2D eigenvalue weighted by Crippen LogP contribution is 2.25. The lowest BCUT2D eigenvalue weighted by molar-refractivity contribution is 0.00538. The third-order valence-electron chi connectivity index (χ3n) is 4.56. The Labute approximate surface area is 147 Å². The maximum absolute atomic E-state index is 13.5. The molecular weight excluding hydrogens is 323 g/mol. The maximum atomic E-state index is 13.5. The number of ether oxygens (including phenoxy) is 1. The summed E-state index contributed by atoms with van der Waals surface area (Å²) in [5.74, 6) is 1.85. The number of hydrogen-bond acceptors (Lipinski definition) is 5. The van der Waals surface area contributed by atoms with E-state index in [1.54, 1.807) is 18.2 Å². The summed E-state index contributed by atoms with van der Waals surface area (Å²) >= 11 is 0. The number of halogens is 1. The zero-order valence-corrected chi connectivity index (χ0v) is 14.5. The van der Waals surface area contributed by atoms with Crippen LogP contribution in [0.25, 0.3) is 0 Å². The minimum atomic E-state index is -0.575. The first-order valence-corrected chi connectivity index (χ1v) is 8.72. The molecule has 6 nitrogen and oxygen atoms in total. The van der Waals surface area contributed by atoms with Crippen LogP contribution in [-0.4, -0.2) is 57.5 Å². The number of nitrogens with one attached hydrogen (secondary N) is 1. The normalized spacial score (nSPS) is 17.7. The van der Waals surface area contributed by atoms with Gasteiger partial charge in [-0.25, -0.2) is 9.37 Å². The van der Waals surface area contributed by atoms with Gasteiger partial charge in [0.1, 0.15) is 11.6 Å². The van der Waals surface area contributed by atoms with Gasteiger partial charge in [-0.2, -0.15) is 5.10 Å². The molecule has 0 amide bonds. The summed E-state index contributed by atoms with van der Waals surface area (Å²) in [6.07, 6.45) is 1.40. The number of β-amino-alcohol motifs (C(OH)–C–C–N with tert-alkyl or cyclic N) is 1. The number of benzene rings is 1. The van der Waals surface area contributed by atoms with E-state index in [2.05, 4.69) is 20.1 Å². The highest BCUT2D eigenvalue weighted by atomic mass is 19.1. The maximum Gasteiger partial charge on any atom is 0.153 e. The van der Waals surface area contributed by atoms with Crippen molar-refractivity contribution in [2.24, 2.45) is 0 Å². The van der Waals surface area contributed by atoms with Crippen LogP contribution in [0.2, 0.25) is 0 Å². The molecule has 7 heteroatoms. The van der Waals surface area contributed by atoms with Crippen molar-refractivity contribution in [3.8, 4) is 0 Å². The van der Waals surface area contributed by atoms with Crippen LogP contribution in [0.3, 0.4) is 0 Å². The minimum absolute atomic E-state index is 0.177. The van der Waals surface area contributed by atoms with E-state index < -0.39 is 6.10 Å². The second kappa shape index (κ2) is 8.51. The van der Waals surface area contributed by atoms with Crippen molar-refractivity contribution in [3.63, 3.8) is 0 Å². The van der Waals surface area contributed by atoms with Crippen LogP contribution in [0.1, 0.15) is 36.0 Å². The highest BCUT2D eigenvalue weighted by Gasteiger charge is 2.24. The molecule has 25 heavy (non-hydrogen) atoms. The van der Waals surface area contributed by atoms with Crippen molar-refractivity contribution in [1.29, 1.82) is 0 Å². The first-order chi connectivity index (χ1) is 12.1. The minimum Gasteiger partial charge on any atom is -0.389 e. The average Bonchev–Trinajstić information content (AvgIpc) is 3.04. The predicted molar refractivity (Wildman–Crippen MR) is 91.6 cm³/mol. The molecule has 1 aromatic heterocycles. The van der Waals surface area contributed by atoms with Crippen molar-refractivity contribution in [1.82, 2.24) is 20.1 Å². The Morgan fingerprint density at radius 1 is 1.36 bits per heavy atom. The third kappa shape index (κ3) is 5.07. The molecule has 1 saturated heterocycles. The number of aromatic amines is 1. The van der Waals surface area contributed by atoms with Crippen molar-refractivity contribution in [3.05, 3.63) is 47.3 Å². The number of aryl methyl sites for hydroxylation is 1. The number of piperidine rings is 1. The van der Waals surface area contributed by atoms with Crippen molar-refractivity contribution < 1.29 is 14.2 Å². The molecule has 1 aliphatic heterocycles. The van der Waals surface area contributed by atoms with Crippen LogP contribution >= 0.6 is 0 Å². The summed E-state index contributed by atoms with van der Waals surface area (Å²) in [5, 5.41) is 17.3. The van der Waals surface area contributed by atoms with Gasteiger partial charge in [-0.15, -0.1) is 0 Å². The summed E-state index contributed by atoms with van der Waals surface area (Å²) in [4.78, 5) is 6.64. The van der Waals surface area contributed by atoms with E-state index in [4.69, 9.17) is 4.74 Å². The number of aromatic nitrogens is 3. The highest BCUT2D eigenvalue weighted by molar-refractivity contribution is 5.16. The largest absolute Gasteiger partial charge is 0.389 e. The molecule has 1 fully saturated rings. The van der Waals surface area contributed by atoms with Crippen molar-refractivity contribution in [2.75, 3.05) is 26.2 Å². The van der Waals surface area contributed by atoms with Gasteiger partial charge in [0.15, 0.2) is 5.82 Å². The molecule has 0 aliphatic carbocycles. The van der Waals surface area contributed by atoms with Gasteiger partial charge >= 0.3 is 0 Å². The Kier molecular flexibility index (Phi) is 6.12. The Morgan fingerprint density at radius 3 is 2.80 bits per heavy atom. The molecule has 0 radical (unpaired) electrons. The van der Waals surface area contributed by atoms with Gasteiger partial charge in [0.2, 0.25) is 0 Å². The van der Waals surface area contributed by atoms with Crippen LogP contribution in [0.5, 0.6) is 0 Å². The second-order valence-electron chi connectivity index (χ2n) is 6.61. The molecule has 1 aliphatic rings. The Hall–Kier alpha value is -1.83. The average molecular weight is 348 g/mol. The van der Waals surface area contributed by atoms with Crippen LogP contribution in [0, 0.1) is 12.7 Å². The Morgan fingerprint density at radius 2 is 2.12 bits per heavy atom. The lowest BCUT2D eigenvalue weighted by Crippen LogP contribution is -2.40. The van der Waals surface area contributed by atoms with E-state index in [1.165, 1.54) is 6.07 Å². The third-order valence-corrected chi connectivity index (χ3v) is 4.56. The molecule has 1 atom stereocenters. The SMILES string of the molecule is Cc1nc(C2CCN(CC(O)COCc3ccccc3F)CC2)n[nH]1. The fourth-order valence-electron chi connectivity index (χ4n) is 3.19. The summed E-state index contributed by atoms with van der Waals surface area (Å²) in [6, 6.07) is 6.53. The molecule has 0 saturated carbocycles. The number of rotatable bonds is 7. The molecule has 2 aromatic rings. The van der Waals surface area contributed by atoms with Crippen LogP contribution in [0.15, 0.2) is 24.3 Å². The van der Waals surface area contributed by atoms with Gasteiger partial charge in [-0.1, -0.05) is 18.2 Å². The molecular formula is C18H25FN4O2. The topological polar surface area (TPSA) is 74.3 Å². The zero-order chi connectivity index (χ0) is 17.6. The molecule has 2 N–H and O–H groups in total.